The molecule has 2 rings (SSSR count). The summed E-state index contributed by atoms with van der Waals surface area (Å²) in [5.74, 6) is 0.132. The lowest BCUT2D eigenvalue weighted by Gasteiger charge is -2.12. The second-order valence-corrected chi connectivity index (χ2v) is 6.94. The van der Waals surface area contributed by atoms with Crippen LogP contribution in [0.5, 0.6) is 0 Å². The van der Waals surface area contributed by atoms with E-state index in [0.717, 1.165) is 11.1 Å². The molecule has 0 aliphatic heterocycles. The lowest BCUT2D eigenvalue weighted by atomic mass is 10.0. The number of aryl methyl sites for hydroxylation is 1. The predicted octanol–water partition coefficient (Wildman–Crippen LogP) is 3.57. The Labute approximate surface area is 115 Å². The van der Waals surface area contributed by atoms with Crippen LogP contribution in [0.15, 0.2) is 59.5 Å². The van der Waals surface area contributed by atoms with Crippen LogP contribution in [0.4, 0.5) is 0 Å². The van der Waals surface area contributed by atoms with E-state index in [2.05, 4.69) is 0 Å². The molecule has 0 saturated heterocycles. The van der Waals surface area contributed by atoms with Crippen LogP contribution in [0.1, 0.15) is 24.0 Å². The third-order valence-electron chi connectivity index (χ3n) is 3.22. The standard InChI is InChI=1S/C16H18O2S/c1-13-8-10-16(11-9-13)19(17,18)12-14(2)15-6-4-3-5-7-15/h3-11,14H,12H2,1-2H3/t14-/m1/s1. The van der Waals surface area contributed by atoms with E-state index < -0.39 is 9.84 Å². The number of sulfone groups is 1. The van der Waals surface area contributed by atoms with Crippen molar-refractivity contribution in [2.75, 3.05) is 5.75 Å². The minimum absolute atomic E-state index is 0.00694. The fourth-order valence-electron chi connectivity index (χ4n) is 2.05. The van der Waals surface area contributed by atoms with E-state index in [1.165, 1.54) is 0 Å². The quantitative estimate of drug-likeness (QED) is 0.854. The molecular formula is C16H18O2S. The maximum Gasteiger partial charge on any atom is 0.178 e. The smallest absolute Gasteiger partial charge is 0.178 e. The van der Waals surface area contributed by atoms with Gasteiger partial charge in [0.25, 0.3) is 0 Å². The van der Waals surface area contributed by atoms with Crippen LogP contribution in [0.3, 0.4) is 0 Å². The van der Waals surface area contributed by atoms with Crippen molar-refractivity contribution in [1.29, 1.82) is 0 Å². The molecule has 0 amide bonds. The first-order valence-electron chi connectivity index (χ1n) is 6.33. The average Bonchev–Trinajstić information content (AvgIpc) is 2.40. The molecule has 0 aliphatic rings. The lowest BCUT2D eigenvalue weighted by Crippen LogP contribution is -2.13. The minimum atomic E-state index is -3.22. The largest absolute Gasteiger partial charge is 0.224 e. The molecular weight excluding hydrogens is 256 g/mol. The van der Waals surface area contributed by atoms with Crippen molar-refractivity contribution in [2.45, 2.75) is 24.7 Å². The van der Waals surface area contributed by atoms with Crippen LogP contribution in [0.2, 0.25) is 0 Å². The van der Waals surface area contributed by atoms with Gasteiger partial charge in [0.2, 0.25) is 0 Å². The molecule has 0 bridgehead atoms. The Morgan fingerprint density at radius 2 is 1.53 bits per heavy atom. The van der Waals surface area contributed by atoms with E-state index in [-0.39, 0.29) is 11.7 Å². The molecule has 100 valence electrons. The summed E-state index contributed by atoms with van der Waals surface area (Å²) in [6.07, 6.45) is 0. The summed E-state index contributed by atoms with van der Waals surface area (Å²) in [7, 11) is -3.22. The zero-order valence-corrected chi connectivity index (χ0v) is 12.0. The lowest BCUT2D eigenvalue weighted by molar-refractivity contribution is 0.590. The molecule has 0 radical (unpaired) electrons. The molecule has 2 aromatic rings. The van der Waals surface area contributed by atoms with E-state index >= 15 is 0 Å². The van der Waals surface area contributed by atoms with E-state index in [1.54, 1.807) is 12.1 Å². The number of benzene rings is 2. The van der Waals surface area contributed by atoms with Crippen LogP contribution in [-0.4, -0.2) is 14.2 Å². The van der Waals surface area contributed by atoms with Gasteiger partial charge in [-0.2, -0.15) is 0 Å². The molecule has 2 nitrogen and oxygen atoms in total. The van der Waals surface area contributed by atoms with E-state index in [4.69, 9.17) is 0 Å². The molecule has 0 saturated carbocycles. The minimum Gasteiger partial charge on any atom is -0.224 e. The SMILES string of the molecule is Cc1ccc(S(=O)(=O)C[C@@H](C)c2ccccc2)cc1. The summed E-state index contributed by atoms with van der Waals surface area (Å²) >= 11 is 0. The summed E-state index contributed by atoms with van der Waals surface area (Å²) in [6.45, 7) is 3.89. The first-order valence-corrected chi connectivity index (χ1v) is 7.98. The second kappa shape index (κ2) is 5.57. The Morgan fingerprint density at radius 3 is 2.11 bits per heavy atom. The summed E-state index contributed by atoms with van der Waals surface area (Å²) in [4.78, 5) is 0.404. The van der Waals surface area contributed by atoms with Crippen LogP contribution in [-0.2, 0) is 9.84 Å². The predicted molar refractivity (Wildman–Crippen MR) is 78.1 cm³/mol. The van der Waals surface area contributed by atoms with Gasteiger partial charge in [0.15, 0.2) is 9.84 Å². The second-order valence-electron chi connectivity index (χ2n) is 4.91. The summed E-state index contributed by atoms with van der Waals surface area (Å²) in [5, 5.41) is 0. The van der Waals surface area contributed by atoms with Gasteiger partial charge in [-0.05, 0) is 30.5 Å². The highest BCUT2D eigenvalue weighted by atomic mass is 32.2. The molecule has 0 spiro atoms. The number of hydrogen-bond acceptors (Lipinski definition) is 2. The van der Waals surface area contributed by atoms with Crippen LogP contribution in [0.25, 0.3) is 0 Å². The third-order valence-corrected chi connectivity index (χ3v) is 5.15. The molecule has 0 aromatic heterocycles. The maximum absolute atomic E-state index is 12.3. The normalized spacial score (nSPS) is 13.2. The van der Waals surface area contributed by atoms with Gasteiger partial charge in [0.1, 0.15) is 0 Å². The number of rotatable bonds is 4. The third kappa shape index (κ3) is 3.44. The Morgan fingerprint density at radius 1 is 0.947 bits per heavy atom. The fourth-order valence-corrected chi connectivity index (χ4v) is 3.64. The molecule has 2 aromatic carbocycles. The molecule has 0 N–H and O–H groups in total. The molecule has 3 heteroatoms. The Bertz CT molecular complexity index is 628. The summed E-state index contributed by atoms with van der Waals surface area (Å²) < 4.78 is 24.7. The highest BCUT2D eigenvalue weighted by molar-refractivity contribution is 7.91. The van der Waals surface area contributed by atoms with E-state index in [9.17, 15) is 8.42 Å². The fraction of sp³-hybridized carbons (Fsp3) is 0.250. The summed E-state index contributed by atoms with van der Waals surface area (Å²) in [6, 6.07) is 16.8. The Balaban J connectivity index is 2.20. The van der Waals surface area contributed by atoms with Crippen LogP contribution >= 0.6 is 0 Å². The van der Waals surface area contributed by atoms with Gasteiger partial charge in [0, 0.05) is 0 Å². The number of hydrogen-bond donors (Lipinski definition) is 0. The van der Waals surface area contributed by atoms with Crippen molar-refractivity contribution >= 4 is 9.84 Å². The average molecular weight is 274 g/mol. The van der Waals surface area contributed by atoms with Crippen LogP contribution in [0, 0.1) is 6.92 Å². The van der Waals surface area contributed by atoms with Gasteiger partial charge in [-0.1, -0.05) is 55.0 Å². The molecule has 0 aliphatic carbocycles. The molecule has 1 atom stereocenters. The molecule has 0 heterocycles. The van der Waals surface area contributed by atoms with Gasteiger partial charge >= 0.3 is 0 Å². The monoisotopic (exact) mass is 274 g/mol. The first-order chi connectivity index (χ1) is 8.99. The van der Waals surface area contributed by atoms with E-state index in [1.807, 2.05) is 56.3 Å². The summed E-state index contributed by atoms with van der Waals surface area (Å²) in [5.41, 5.74) is 2.12. The zero-order chi connectivity index (χ0) is 13.9. The highest BCUT2D eigenvalue weighted by Gasteiger charge is 2.19. The van der Waals surface area contributed by atoms with Gasteiger partial charge < -0.3 is 0 Å². The van der Waals surface area contributed by atoms with E-state index in [0.29, 0.717) is 4.90 Å². The molecule has 0 unspecified atom stereocenters. The topological polar surface area (TPSA) is 34.1 Å². The first kappa shape index (κ1) is 13.8. The van der Waals surface area contributed by atoms with Gasteiger partial charge in [-0.15, -0.1) is 0 Å². The van der Waals surface area contributed by atoms with Crippen LogP contribution < -0.4 is 0 Å². The van der Waals surface area contributed by atoms with Gasteiger partial charge in [0.05, 0.1) is 10.6 Å². The highest BCUT2D eigenvalue weighted by Crippen LogP contribution is 2.21. The molecule has 19 heavy (non-hydrogen) atoms. The van der Waals surface area contributed by atoms with Crippen molar-refractivity contribution in [1.82, 2.24) is 0 Å². The van der Waals surface area contributed by atoms with Gasteiger partial charge in [-0.3, -0.25) is 0 Å². The van der Waals surface area contributed by atoms with Crippen molar-refractivity contribution in [3.63, 3.8) is 0 Å². The van der Waals surface area contributed by atoms with Gasteiger partial charge in [-0.25, -0.2) is 8.42 Å². The Kier molecular flexibility index (Phi) is 4.05. The molecule has 0 fully saturated rings. The zero-order valence-electron chi connectivity index (χ0n) is 11.2. The van der Waals surface area contributed by atoms with Crippen molar-refractivity contribution in [3.05, 3.63) is 65.7 Å². The van der Waals surface area contributed by atoms with Crippen molar-refractivity contribution in [2.24, 2.45) is 0 Å². The van der Waals surface area contributed by atoms with Crippen molar-refractivity contribution in [3.8, 4) is 0 Å². The Hall–Kier alpha value is -1.61. The van der Waals surface area contributed by atoms with Crippen molar-refractivity contribution < 1.29 is 8.42 Å². The maximum atomic E-state index is 12.3.